The average Bonchev–Trinajstić information content (AvgIpc) is 2.60. The average molecular weight is 291 g/mol. The van der Waals surface area contributed by atoms with Crippen LogP contribution in [0.25, 0.3) is 10.9 Å². The van der Waals surface area contributed by atoms with E-state index in [-0.39, 0.29) is 0 Å². The van der Waals surface area contributed by atoms with Gasteiger partial charge in [-0.3, -0.25) is 4.90 Å². The molecule has 3 heteroatoms. The van der Waals surface area contributed by atoms with E-state index in [2.05, 4.69) is 27.9 Å². The van der Waals surface area contributed by atoms with E-state index in [4.69, 9.17) is 11.4 Å². The molecular weight excluding hydrogens is 270 g/mol. The number of anilines is 1. The number of fused-ring (bicyclic) bond motifs is 2. The summed E-state index contributed by atoms with van der Waals surface area (Å²) in [5.41, 5.74) is 1.94. The molecule has 2 aliphatic heterocycles. The van der Waals surface area contributed by atoms with E-state index < -0.39 is 0 Å². The first-order valence-corrected chi connectivity index (χ1v) is 8.20. The lowest BCUT2D eigenvalue weighted by molar-refractivity contribution is 0.133. The van der Waals surface area contributed by atoms with Crippen molar-refractivity contribution in [3.05, 3.63) is 35.9 Å². The van der Waals surface area contributed by atoms with Crippen molar-refractivity contribution >= 4 is 16.7 Å². The molecule has 0 bridgehead atoms. The molecule has 0 N–H and O–H groups in total. The Hall–Kier alpha value is -2.05. The van der Waals surface area contributed by atoms with Gasteiger partial charge in [-0.05, 0) is 49.7 Å². The lowest BCUT2D eigenvalue weighted by Gasteiger charge is -2.44. The third-order valence-electron chi connectivity index (χ3n) is 5.00. The predicted octanol–water partition coefficient (Wildman–Crippen LogP) is 2.89. The zero-order valence-electron chi connectivity index (χ0n) is 12.8. The monoisotopic (exact) mass is 291 g/mol. The molecule has 2 fully saturated rings. The van der Waals surface area contributed by atoms with E-state index in [9.17, 15) is 0 Å². The van der Waals surface area contributed by atoms with Gasteiger partial charge in [0.2, 0.25) is 0 Å². The Morgan fingerprint density at radius 2 is 2.05 bits per heavy atom. The maximum absolute atomic E-state index is 5.47. The molecule has 22 heavy (non-hydrogen) atoms. The molecule has 3 heterocycles. The summed E-state index contributed by atoms with van der Waals surface area (Å²) in [5, 5.41) is 1.12. The van der Waals surface area contributed by atoms with E-state index in [0.717, 1.165) is 35.4 Å². The summed E-state index contributed by atoms with van der Waals surface area (Å²) < 4.78 is 0. The maximum atomic E-state index is 5.47. The standard InChI is InChI=1S/C19H21N3/c1-2-15-6-8-18-16(13-15)7-9-19(20-18)22-12-11-21-10-4-3-5-17(21)14-22/h1,6-9,13,17H,3-5,10-12,14H2. The van der Waals surface area contributed by atoms with Gasteiger partial charge >= 0.3 is 0 Å². The minimum atomic E-state index is 0.712. The molecule has 4 rings (SSSR count). The van der Waals surface area contributed by atoms with Crippen LogP contribution in [0, 0.1) is 12.3 Å². The van der Waals surface area contributed by atoms with Crippen LogP contribution in [-0.2, 0) is 0 Å². The summed E-state index contributed by atoms with van der Waals surface area (Å²) >= 11 is 0. The van der Waals surface area contributed by atoms with Crippen molar-refractivity contribution in [2.45, 2.75) is 25.3 Å². The first kappa shape index (κ1) is 13.6. The summed E-state index contributed by atoms with van der Waals surface area (Å²) in [6, 6.07) is 11.0. The number of terminal acetylenes is 1. The summed E-state index contributed by atoms with van der Waals surface area (Å²) in [5.74, 6) is 3.79. The van der Waals surface area contributed by atoms with Crippen LogP contribution >= 0.6 is 0 Å². The van der Waals surface area contributed by atoms with Gasteiger partial charge in [0, 0.05) is 36.6 Å². The van der Waals surface area contributed by atoms with Gasteiger partial charge in [-0.15, -0.1) is 6.42 Å². The summed E-state index contributed by atoms with van der Waals surface area (Å²) in [7, 11) is 0. The number of hydrogen-bond donors (Lipinski definition) is 0. The van der Waals surface area contributed by atoms with Crippen LogP contribution in [0.3, 0.4) is 0 Å². The Morgan fingerprint density at radius 1 is 1.09 bits per heavy atom. The molecular formula is C19H21N3. The lowest BCUT2D eigenvalue weighted by Crippen LogP contribution is -2.55. The number of piperidine rings is 1. The van der Waals surface area contributed by atoms with Crippen molar-refractivity contribution in [3.8, 4) is 12.3 Å². The van der Waals surface area contributed by atoms with Gasteiger partial charge < -0.3 is 4.90 Å². The van der Waals surface area contributed by atoms with Crippen molar-refractivity contribution in [1.29, 1.82) is 0 Å². The molecule has 2 aromatic rings. The SMILES string of the molecule is C#Cc1ccc2nc(N3CCN4CCCCC4C3)ccc2c1. The van der Waals surface area contributed by atoms with Crippen molar-refractivity contribution in [2.24, 2.45) is 0 Å². The molecule has 2 aliphatic rings. The number of piperazine rings is 1. The summed E-state index contributed by atoms with van der Waals surface area (Å²) in [6.07, 6.45) is 9.53. The molecule has 1 aromatic carbocycles. The van der Waals surface area contributed by atoms with Crippen LogP contribution in [0.15, 0.2) is 30.3 Å². The first-order chi connectivity index (χ1) is 10.8. The molecule has 0 radical (unpaired) electrons. The largest absolute Gasteiger partial charge is 0.354 e. The van der Waals surface area contributed by atoms with Crippen molar-refractivity contribution in [3.63, 3.8) is 0 Å². The van der Waals surface area contributed by atoms with Crippen molar-refractivity contribution in [1.82, 2.24) is 9.88 Å². The van der Waals surface area contributed by atoms with E-state index >= 15 is 0 Å². The fourth-order valence-corrected chi connectivity index (χ4v) is 3.74. The second kappa shape index (κ2) is 5.62. The highest BCUT2D eigenvalue weighted by Crippen LogP contribution is 2.25. The van der Waals surface area contributed by atoms with Crippen molar-refractivity contribution in [2.75, 3.05) is 31.1 Å². The minimum Gasteiger partial charge on any atom is -0.354 e. The van der Waals surface area contributed by atoms with Crippen LogP contribution in [0.2, 0.25) is 0 Å². The number of benzene rings is 1. The van der Waals surface area contributed by atoms with Gasteiger partial charge in [0.05, 0.1) is 5.52 Å². The van der Waals surface area contributed by atoms with Gasteiger partial charge in [-0.2, -0.15) is 0 Å². The maximum Gasteiger partial charge on any atom is 0.129 e. The quantitative estimate of drug-likeness (QED) is 0.753. The number of pyridine rings is 1. The van der Waals surface area contributed by atoms with E-state index in [1.807, 2.05) is 18.2 Å². The summed E-state index contributed by atoms with van der Waals surface area (Å²) in [6.45, 7) is 4.64. The van der Waals surface area contributed by atoms with Crippen LogP contribution in [0.4, 0.5) is 5.82 Å². The van der Waals surface area contributed by atoms with Crippen LogP contribution < -0.4 is 4.90 Å². The van der Waals surface area contributed by atoms with Crippen LogP contribution in [-0.4, -0.2) is 42.1 Å². The highest BCUT2D eigenvalue weighted by molar-refractivity contribution is 5.81. The van der Waals surface area contributed by atoms with Crippen LogP contribution in [0.5, 0.6) is 0 Å². The highest BCUT2D eigenvalue weighted by atomic mass is 15.3. The molecule has 0 saturated carbocycles. The zero-order chi connectivity index (χ0) is 14.9. The molecule has 0 aliphatic carbocycles. The van der Waals surface area contributed by atoms with Crippen LogP contribution in [0.1, 0.15) is 24.8 Å². The zero-order valence-corrected chi connectivity index (χ0v) is 12.8. The molecule has 112 valence electrons. The molecule has 3 nitrogen and oxygen atoms in total. The molecule has 1 aromatic heterocycles. The minimum absolute atomic E-state index is 0.712. The smallest absolute Gasteiger partial charge is 0.129 e. The number of rotatable bonds is 1. The fraction of sp³-hybridized carbons (Fsp3) is 0.421. The normalized spacial score (nSPS) is 22.3. The lowest BCUT2D eigenvalue weighted by atomic mass is 9.99. The van der Waals surface area contributed by atoms with Gasteiger partial charge in [-0.1, -0.05) is 12.3 Å². The van der Waals surface area contributed by atoms with Gasteiger partial charge in [-0.25, -0.2) is 4.98 Å². The third kappa shape index (κ3) is 2.44. The predicted molar refractivity (Wildman–Crippen MR) is 91.1 cm³/mol. The second-order valence-corrected chi connectivity index (χ2v) is 6.35. The number of hydrogen-bond acceptors (Lipinski definition) is 3. The Morgan fingerprint density at radius 3 is 2.95 bits per heavy atom. The molecule has 1 unspecified atom stereocenters. The molecule has 2 saturated heterocycles. The van der Waals surface area contributed by atoms with E-state index in [0.29, 0.717) is 6.04 Å². The Balaban J connectivity index is 1.60. The Kier molecular flexibility index (Phi) is 3.48. The van der Waals surface area contributed by atoms with E-state index in [1.165, 1.54) is 32.4 Å². The Bertz CT molecular complexity index is 731. The topological polar surface area (TPSA) is 19.4 Å². The molecule has 0 amide bonds. The summed E-state index contributed by atoms with van der Waals surface area (Å²) in [4.78, 5) is 9.95. The molecule has 1 atom stereocenters. The third-order valence-corrected chi connectivity index (χ3v) is 5.00. The van der Waals surface area contributed by atoms with Gasteiger partial charge in [0.25, 0.3) is 0 Å². The number of aromatic nitrogens is 1. The number of nitrogens with zero attached hydrogens (tertiary/aromatic N) is 3. The van der Waals surface area contributed by atoms with Crippen molar-refractivity contribution < 1.29 is 0 Å². The second-order valence-electron chi connectivity index (χ2n) is 6.35. The molecule has 0 spiro atoms. The van der Waals surface area contributed by atoms with E-state index in [1.54, 1.807) is 0 Å². The first-order valence-electron chi connectivity index (χ1n) is 8.20. The van der Waals surface area contributed by atoms with Gasteiger partial charge in [0.15, 0.2) is 0 Å². The fourth-order valence-electron chi connectivity index (χ4n) is 3.74. The van der Waals surface area contributed by atoms with Gasteiger partial charge in [0.1, 0.15) is 5.82 Å². The Labute approximate surface area is 131 Å². The highest BCUT2D eigenvalue weighted by Gasteiger charge is 2.29.